The third kappa shape index (κ3) is 3.19. The minimum absolute atomic E-state index is 0.217. The second kappa shape index (κ2) is 6.44. The van der Waals surface area contributed by atoms with Crippen molar-refractivity contribution < 1.29 is 17.2 Å². The van der Waals surface area contributed by atoms with Gasteiger partial charge in [0.1, 0.15) is 7.05 Å². The zero-order valence-electron chi connectivity index (χ0n) is 23.0. The van der Waals surface area contributed by atoms with Gasteiger partial charge in [-0.3, -0.25) is 0 Å². The number of benzene rings is 1. The molecule has 0 saturated heterocycles. The maximum Gasteiger partial charge on any atom is 0.227 e. The highest BCUT2D eigenvalue weighted by Crippen LogP contribution is 2.37. The van der Waals surface area contributed by atoms with Crippen LogP contribution in [0.25, 0.3) is 33.3 Å². The number of furan rings is 1. The molecule has 4 rings (SSSR count). The van der Waals surface area contributed by atoms with Crippen LogP contribution in [0.5, 0.6) is 0 Å². The third-order valence-electron chi connectivity index (χ3n) is 5.31. The summed E-state index contributed by atoms with van der Waals surface area (Å²) in [7, 11) is 2.00. The van der Waals surface area contributed by atoms with Gasteiger partial charge in [0.15, 0.2) is 11.8 Å². The van der Waals surface area contributed by atoms with Crippen LogP contribution in [0.1, 0.15) is 51.2 Å². The van der Waals surface area contributed by atoms with Crippen LogP contribution >= 0.6 is 0 Å². The summed E-state index contributed by atoms with van der Waals surface area (Å²) in [6.07, 6.45) is 1.87. The lowest BCUT2D eigenvalue weighted by molar-refractivity contribution is -0.660. The number of aromatic nitrogens is 2. The van der Waals surface area contributed by atoms with Gasteiger partial charge in [-0.25, -0.2) is 9.55 Å². The number of nitrogens with zero attached hydrogens (tertiary/aromatic N) is 2. The second-order valence-corrected chi connectivity index (χ2v) is 8.04. The predicted octanol–water partition coefficient (Wildman–Crippen LogP) is 5.99. The van der Waals surface area contributed by atoms with E-state index in [1.807, 2.05) is 26.1 Å². The topological polar surface area (TPSA) is 29.9 Å². The highest BCUT2D eigenvalue weighted by atomic mass is 16.3. The van der Waals surface area contributed by atoms with Gasteiger partial charge in [0.05, 0.1) is 5.56 Å². The molecule has 1 aromatic carbocycles. The monoisotopic (exact) mass is 379 g/mol. The number of hydrogen-bond acceptors (Lipinski definition) is 2. The lowest BCUT2D eigenvalue weighted by Crippen LogP contribution is -2.31. The molecular formula is C25H29N2O+. The van der Waals surface area contributed by atoms with Crippen LogP contribution in [0.4, 0.5) is 0 Å². The van der Waals surface area contributed by atoms with E-state index in [9.17, 15) is 0 Å². The van der Waals surface area contributed by atoms with Crippen molar-refractivity contribution in [3.63, 3.8) is 0 Å². The van der Waals surface area contributed by atoms with Gasteiger partial charge in [0, 0.05) is 36.3 Å². The molecule has 28 heavy (non-hydrogen) atoms. The van der Waals surface area contributed by atoms with Gasteiger partial charge in [-0.1, -0.05) is 32.8 Å². The van der Waals surface area contributed by atoms with Gasteiger partial charge < -0.3 is 4.42 Å². The molecule has 3 heteroatoms. The smallest absolute Gasteiger partial charge is 0.227 e. The van der Waals surface area contributed by atoms with Crippen LogP contribution in [0.15, 0.2) is 40.9 Å². The predicted molar refractivity (Wildman–Crippen MR) is 115 cm³/mol. The van der Waals surface area contributed by atoms with E-state index in [0.29, 0.717) is 17.0 Å². The molecule has 3 aromatic heterocycles. The van der Waals surface area contributed by atoms with E-state index in [1.54, 1.807) is 6.07 Å². The molecule has 0 N–H and O–H groups in total. The maximum absolute atomic E-state index is 7.86. The van der Waals surface area contributed by atoms with E-state index in [-0.39, 0.29) is 6.42 Å². The highest BCUT2D eigenvalue weighted by Gasteiger charge is 2.22. The fourth-order valence-electron chi connectivity index (χ4n) is 3.77. The van der Waals surface area contributed by atoms with E-state index >= 15 is 0 Å². The van der Waals surface area contributed by atoms with Crippen molar-refractivity contribution in [2.75, 3.05) is 0 Å². The van der Waals surface area contributed by atoms with Gasteiger partial charge in [-0.2, -0.15) is 0 Å². The van der Waals surface area contributed by atoms with Gasteiger partial charge in [-0.15, -0.1) is 0 Å². The molecule has 0 unspecified atom stereocenters. The lowest BCUT2D eigenvalue weighted by Gasteiger charge is -2.16. The minimum Gasteiger partial charge on any atom is -0.437 e. The van der Waals surface area contributed by atoms with Crippen LogP contribution in [-0.2, 0) is 13.5 Å². The summed E-state index contributed by atoms with van der Waals surface area (Å²) in [4.78, 5) is 4.57. The molecule has 3 nitrogen and oxygen atoms in total. The van der Waals surface area contributed by atoms with Crippen LogP contribution in [0.3, 0.4) is 0 Å². The van der Waals surface area contributed by atoms with E-state index in [2.05, 4.69) is 41.7 Å². The summed E-state index contributed by atoms with van der Waals surface area (Å²) in [5.74, 6) is 0. The van der Waals surface area contributed by atoms with Crippen LogP contribution in [-0.4, -0.2) is 4.98 Å². The third-order valence-corrected chi connectivity index (χ3v) is 5.31. The second-order valence-electron chi connectivity index (χ2n) is 8.04. The van der Waals surface area contributed by atoms with Crippen molar-refractivity contribution in [3.8, 4) is 11.3 Å². The maximum atomic E-state index is 7.86. The van der Waals surface area contributed by atoms with Gasteiger partial charge >= 0.3 is 0 Å². The van der Waals surface area contributed by atoms with Crippen molar-refractivity contribution >= 4 is 22.1 Å². The molecule has 0 spiro atoms. The molecule has 0 aliphatic carbocycles. The molecule has 0 fully saturated rings. The Labute approximate surface area is 175 Å². The van der Waals surface area contributed by atoms with E-state index < -0.39 is 19.1 Å². The molecule has 0 aliphatic rings. The Morgan fingerprint density at radius 2 is 1.79 bits per heavy atom. The summed E-state index contributed by atoms with van der Waals surface area (Å²) in [5, 5.41) is 1.71. The van der Waals surface area contributed by atoms with Crippen molar-refractivity contribution in [3.05, 3.63) is 58.9 Å². The van der Waals surface area contributed by atoms with Crippen molar-refractivity contribution in [1.29, 1.82) is 0 Å². The molecule has 0 amide bonds. The highest BCUT2D eigenvalue weighted by molar-refractivity contribution is 6.08. The molecule has 144 valence electrons. The van der Waals surface area contributed by atoms with Crippen molar-refractivity contribution in [1.82, 2.24) is 4.98 Å². The van der Waals surface area contributed by atoms with Crippen LogP contribution < -0.4 is 4.57 Å². The average Bonchev–Trinajstić information content (AvgIpc) is 3.07. The zero-order chi connectivity index (χ0) is 25.2. The zero-order valence-corrected chi connectivity index (χ0v) is 17.0. The molecular weight excluding hydrogens is 344 g/mol. The summed E-state index contributed by atoms with van der Waals surface area (Å²) < 4.78 is 55.5. The van der Waals surface area contributed by atoms with E-state index in [1.165, 1.54) is 18.1 Å². The molecule has 3 heterocycles. The first-order valence-corrected chi connectivity index (χ1v) is 9.43. The molecule has 0 radical (unpaired) electrons. The Hall–Kier alpha value is -2.68. The van der Waals surface area contributed by atoms with Gasteiger partial charge in [0.25, 0.3) is 0 Å². The van der Waals surface area contributed by atoms with Gasteiger partial charge in [-0.05, 0) is 55.9 Å². The number of pyridine rings is 2. The molecule has 4 aromatic rings. The molecule has 0 atom stereocenters. The standard InChI is InChI=1S/C25H29N2O/c1-15-8-10-19-20-11-9-18(13-25(4,5)6)26-24(20)28-23(19)22(15)21-12-16(2)17(3)14-27(21)7/h8-12,14H,13H2,1-7H3/q+1/i4D3,5D3. The fraction of sp³-hybridized carbons (Fsp3) is 0.360. The van der Waals surface area contributed by atoms with E-state index in [0.717, 1.165) is 27.6 Å². The number of hydrogen-bond donors (Lipinski definition) is 0. The molecule has 0 bridgehead atoms. The van der Waals surface area contributed by atoms with Crippen LogP contribution in [0.2, 0.25) is 0 Å². The summed E-state index contributed by atoms with van der Waals surface area (Å²) in [6.45, 7) is 2.11. The quantitative estimate of drug-likeness (QED) is 0.401. The number of fused-ring (bicyclic) bond motifs is 3. The first kappa shape index (κ1) is 12.7. The van der Waals surface area contributed by atoms with Crippen molar-refractivity contribution in [2.24, 2.45) is 12.5 Å². The Morgan fingerprint density at radius 3 is 2.54 bits per heavy atom. The van der Waals surface area contributed by atoms with E-state index in [4.69, 9.17) is 12.6 Å². The lowest BCUT2D eigenvalue weighted by atomic mass is 9.90. The average molecular weight is 380 g/mol. The molecule has 0 aliphatic heterocycles. The summed E-state index contributed by atoms with van der Waals surface area (Å²) >= 11 is 0. The summed E-state index contributed by atoms with van der Waals surface area (Å²) in [6, 6.07) is 9.72. The Balaban J connectivity index is 1.90. The fourth-order valence-corrected chi connectivity index (χ4v) is 3.77. The first-order chi connectivity index (χ1) is 15.6. The van der Waals surface area contributed by atoms with Gasteiger partial charge in [0.2, 0.25) is 11.4 Å². The minimum atomic E-state index is -2.68. The molecule has 0 saturated carbocycles. The largest absolute Gasteiger partial charge is 0.437 e. The SMILES string of the molecule is [2H]C([2H])([2H])C(C)(Cc1ccc2c(n1)oc1c(-c3cc(C)c(C)c[n+]3C)c(C)ccc12)C([2H])([2H])[2H]. The Morgan fingerprint density at radius 1 is 1.04 bits per heavy atom. The first-order valence-electron chi connectivity index (χ1n) is 12.4. The summed E-state index contributed by atoms with van der Waals surface area (Å²) in [5.41, 5.74) is 4.92. The van der Waals surface area contributed by atoms with Crippen LogP contribution in [0, 0.1) is 26.2 Å². The Kier molecular flexibility index (Phi) is 2.92. The Bertz CT molecular complexity index is 1400. The van der Waals surface area contributed by atoms with Crippen molar-refractivity contribution in [2.45, 2.75) is 47.8 Å². The number of rotatable bonds is 2. The number of aryl methyl sites for hydroxylation is 4. The normalized spacial score (nSPS) is 16.3.